The molecule has 6 nitrogen and oxygen atoms in total. The predicted octanol–water partition coefficient (Wildman–Crippen LogP) is 10.9. The first-order chi connectivity index (χ1) is 23.9. The van der Waals surface area contributed by atoms with Crippen LogP contribution in [0.3, 0.4) is 0 Å². The summed E-state index contributed by atoms with van der Waals surface area (Å²) in [4.78, 5) is 22.9. The van der Waals surface area contributed by atoms with Crippen LogP contribution in [-0.4, -0.2) is 17.3 Å². The lowest BCUT2D eigenvalue weighted by atomic mass is 9.82. The van der Waals surface area contributed by atoms with Crippen LogP contribution in [0.4, 0.5) is 0 Å². The number of hydrogen-bond acceptors (Lipinski definition) is 6. The van der Waals surface area contributed by atoms with E-state index in [1.807, 2.05) is 159 Å². The van der Waals surface area contributed by atoms with Crippen molar-refractivity contribution in [1.29, 1.82) is 0 Å². The van der Waals surface area contributed by atoms with Crippen molar-refractivity contribution in [3.05, 3.63) is 179 Å². The van der Waals surface area contributed by atoms with E-state index < -0.39 is 17.0 Å². The molecule has 0 spiro atoms. The maximum absolute atomic E-state index is 13.5. The molecule has 2 unspecified atom stereocenters. The standard InChI is InChI=1S/C28H23O4P.C13H13O2P/c1-19-10-6-7-16-24(19)31-33(30-23-14-4-3-5-15-23)32-25-17-9-13-22-18-21-12-8-11-20(2)26(21)28(29)27(22)25;1-16(14)15-13-10-6-5-9-12(13)11-7-3-2-4-8-11/h3-17H,18H2,1-2H3;2-10,14H,1H3. The molecule has 0 saturated heterocycles. The summed E-state index contributed by atoms with van der Waals surface area (Å²) < 4.78 is 24.0. The molecule has 0 amide bonds. The highest BCUT2D eigenvalue weighted by Gasteiger charge is 2.30. The van der Waals surface area contributed by atoms with Crippen LogP contribution in [0.1, 0.15) is 38.2 Å². The van der Waals surface area contributed by atoms with Crippen molar-refractivity contribution >= 4 is 22.8 Å². The fourth-order valence-electron chi connectivity index (χ4n) is 5.58. The number of aryl methyl sites for hydroxylation is 2. The second-order valence-corrected chi connectivity index (χ2v) is 13.5. The largest absolute Gasteiger partial charge is 0.530 e. The fourth-order valence-corrected chi connectivity index (χ4v) is 7.10. The summed E-state index contributed by atoms with van der Waals surface area (Å²) in [7, 11) is -3.25. The van der Waals surface area contributed by atoms with Crippen LogP contribution in [0.15, 0.2) is 146 Å². The van der Waals surface area contributed by atoms with Gasteiger partial charge < -0.3 is 23.0 Å². The molecule has 0 saturated carbocycles. The first kappa shape index (κ1) is 33.9. The second-order valence-electron chi connectivity index (χ2n) is 11.4. The number of benzene rings is 6. The van der Waals surface area contributed by atoms with E-state index >= 15 is 0 Å². The first-order valence-electron chi connectivity index (χ1n) is 15.8. The molecule has 0 heterocycles. The Morgan fingerprint density at radius 3 is 1.80 bits per heavy atom. The molecule has 1 aliphatic carbocycles. The molecule has 246 valence electrons. The summed E-state index contributed by atoms with van der Waals surface area (Å²) in [6.45, 7) is 5.61. The molecule has 6 aromatic rings. The second kappa shape index (κ2) is 15.9. The molecule has 6 aromatic carbocycles. The lowest BCUT2D eigenvalue weighted by Crippen LogP contribution is -2.18. The number of para-hydroxylation sites is 3. The normalized spacial score (nSPS) is 12.7. The average Bonchev–Trinajstić information content (AvgIpc) is 3.10. The molecule has 7 rings (SSSR count). The molecule has 0 radical (unpaired) electrons. The number of ketones is 1. The zero-order valence-corrected chi connectivity index (χ0v) is 29.2. The van der Waals surface area contributed by atoms with Gasteiger partial charge in [0.2, 0.25) is 8.38 Å². The van der Waals surface area contributed by atoms with E-state index in [9.17, 15) is 9.69 Å². The van der Waals surface area contributed by atoms with Crippen LogP contribution in [0.25, 0.3) is 11.1 Å². The van der Waals surface area contributed by atoms with Crippen molar-refractivity contribution in [2.24, 2.45) is 0 Å². The maximum Gasteiger partial charge on any atom is 0.530 e. The summed E-state index contributed by atoms with van der Waals surface area (Å²) in [5, 5.41) is 0. The van der Waals surface area contributed by atoms with Gasteiger partial charge in [0.1, 0.15) is 23.0 Å². The number of carbonyl (C=O) groups is 1. The van der Waals surface area contributed by atoms with E-state index in [1.54, 1.807) is 6.66 Å². The van der Waals surface area contributed by atoms with Gasteiger partial charge in [-0.25, -0.2) is 0 Å². The van der Waals surface area contributed by atoms with Crippen molar-refractivity contribution < 1.29 is 27.8 Å². The Hall–Kier alpha value is -4.99. The lowest BCUT2D eigenvalue weighted by molar-refractivity contribution is 0.103. The Labute approximate surface area is 289 Å². The van der Waals surface area contributed by atoms with Gasteiger partial charge in [0, 0.05) is 17.8 Å². The molecule has 8 heteroatoms. The number of hydrogen-bond donors (Lipinski definition) is 1. The minimum Gasteiger partial charge on any atom is -0.447 e. The summed E-state index contributed by atoms with van der Waals surface area (Å²) >= 11 is 0. The van der Waals surface area contributed by atoms with Crippen molar-refractivity contribution in [1.82, 2.24) is 0 Å². The molecule has 0 aliphatic heterocycles. The maximum atomic E-state index is 13.5. The van der Waals surface area contributed by atoms with Gasteiger partial charge in [0.05, 0.1) is 5.56 Å². The van der Waals surface area contributed by atoms with Gasteiger partial charge in [-0.2, -0.15) is 0 Å². The van der Waals surface area contributed by atoms with Crippen molar-refractivity contribution in [2.45, 2.75) is 20.3 Å². The Kier molecular flexibility index (Phi) is 11.0. The summed E-state index contributed by atoms with van der Waals surface area (Å²) in [6, 6.07) is 46.5. The van der Waals surface area contributed by atoms with E-state index in [1.165, 1.54) is 0 Å². The Morgan fingerprint density at radius 1 is 0.531 bits per heavy atom. The van der Waals surface area contributed by atoms with E-state index in [2.05, 4.69) is 0 Å². The van der Waals surface area contributed by atoms with Crippen LogP contribution in [0, 0.1) is 13.8 Å². The van der Waals surface area contributed by atoms with Crippen LogP contribution in [0.2, 0.25) is 0 Å². The predicted molar refractivity (Wildman–Crippen MR) is 198 cm³/mol. The third kappa shape index (κ3) is 8.36. The first-order valence-corrected chi connectivity index (χ1v) is 18.6. The summed E-state index contributed by atoms with van der Waals surface area (Å²) in [5.41, 5.74) is 7.37. The van der Waals surface area contributed by atoms with E-state index in [0.29, 0.717) is 29.2 Å². The van der Waals surface area contributed by atoms with Gasteiger partial charge in [-0.05, 0) is 78.4 Å². The third-order valence-electron chi connectivity index (χ3n) is 7.87. The smallest absolute Gasteiger partial charge is 0.447 e. The Balaban J connectivity index is 0.000000218. The van der Waals surface area contributed by atoms with Crippen molar-refractivity contribution in [2.75, 3.05) is 6.66 Å². The number of carbonyl (C=O) groups excluding carboxylic acids is 1. The van der Waals surface area contributed by atoms with Gasteiger partial charge >= 0.3 is 8.60 Å². The molecule has 0 fully saturated rings. The fraction of sp³-hybridized carbons (Fsp3) is 0.0976. The summed E-state index contributed by atoms with van der Waals surface area (Å²) in [6.07, 6.45) is 0.686. The minimum atomic E-state index is -1.87. The van der Waals surface area contributed by atoms with Gasteiger partial charge in [0.15, 0.2) is 5.78 Å². The Morgan fingerprint density at radius 2 is 1.08 bits per heavy atom. The topological polar surface area (TPSA) is 74.2 Å². The van der Waals surface area contributed by atoms with Crippen molar-refractivity contribution in [3.8, 4) is 34.1 Å². The number of rotatable bonds is 9. The third-order valence-corrected chi connectivity index (χ3v) is 9.38. The lowest BCUT2D eigenvalue weighted by Gasteiger charge is -2.24. The molecular weight excluding hydrogens is 650 g/mol. The van der Waals surface area contributed by atoms with E-state index in [0.717, 1.165) is 44.7 Å². The molecule has 1 N–H and O–H groups in total. The molecule has 0 aromatic heterocycles. The SMILES string of the molecule is CP(O)Oc1ccccc1-c1ccccc1.Cc1ccccc1OP(Oc1ccccc1)Oc1cccc2c1C(=O)c1c(C)cccc1C2. The molecular formula is C41H36O6P2. The zero-order valence-electron chi connectivity index (χ0n) is 27.4. The highest BCUT2D eigenvalue weighted by atomic mass is 31.2. The summed E-state index contributed by atoms with van der Waals surface area (Å²) in [5.74, 6) is 2.49. The molecule has 0 bridgehead atoms. The minimum absolute atomic E-state index is 0.0227. The van der Waals surface area contributed by atoms with E-state index in [4.69, 9.17) is 18.1 Å². The van der Waals surface area contributed by atoms with Gasteiger partial charge in [0.25, 0.3) is 0 Å². The highest BCUT2D eigenvalue weighted by Crippen LogP contribution is 2.46. The average molecular weight is 687 g/mol. The number of fused-ring (bicyclic) bond motifs is 2. The zero-order chi connectivity index (χ0) is 34.2. The van der Waals surface area contributed by atoms with E-state index in [-0.39, 0.29) is 5.78 Å². The van der Waals surface area contributed by atoms with Gasteiger partial charge in [-0.1, -0.05) is 115 Å². The Bertz CT molecular complexity index is 2030. The quantitative estimate of drug-likeness (QED) is 0.152. The van der Waals surface area contributed by atoms with Crippen LogP contribution in [0.5, 0.6) is 23.0 Å². The highest BCUT2D eigenvalue weighted by molar-refractivity contribution is 7.45. The van der Waals surface area contributed by atoms with Crippen LogP contribution < -0.4 is 18.1 Å². The van der Waals surface area contributed by atoms with Gasteiger partial charge in [-0.15, -0.1) is 0 Å². The van der Waals surface area contributed by atoms with Crippen LogP contribution >= 0.6 is 17.0 Å². The monoisotopic (exact) mass is 686 g/mol. The van der Waals surface area contributed by atoms with Crippen LogP contribution in [-0.2, 0) is 6.42 Å². The van der Waals surface area contributed by atoms with Crippen molar-refractivity contribution in [3.63, 3.8) is 0 Å². The molecule has 49 heavy (non-hydrogen) atoms. The molecule has 1 aliphatic rings. The molecule has 2 atom stereocenters. The van der Waals surface area contributed by atoms with Gasteiger partial charge in [-0.3, -0.25) is 4.79 Å².